The van der Waals surface area contributed by atoms with E-state index in [0.717, 1.165) is 12.1 Å². The molecule has 6 nitrogen and oxygen atoms in total. The first-order valence-corrected chi connectivity index (χ1v) is 10.2. The van der Waals surface area contributed by atoms with Gasteiger partial charge in [-0.15, -0.1) is 0 Å². The second-order valence-corrected chi connectivity index (χ2v) is 8.49. The number of benzene rings is 2. The minimum absolute atomic E-state index is 0.112. The molecule has 2 aromatic rings. The first kappa shape index (κ1) is 20.8. The van der Waals surface area contributed by atoms with Crippen molar-refractivity contribution in [3.8, 4) is 0 Å². The van der Waals surface area contributed by atoms with Gasteiger partial charge >= 0.3 is 0 Å². The Kier molecular flexibility index (Phi) is 6.86. The van der Waals surface area contributed by atoms with Crippen LogP contribution in [0.1, 0.15) is 6.42 Å². The van der Waals surface area contributed by atoms with Crippen LogP contribution in [0.2, 0.25) is 0 Å². The van der Waals surface area contributed by atoms with Crippen molar-refractivity contribution in [3.05, 3.63) is 65.4 Å². The molecule has 27 heavy (non-hydrogen) atoms. The molecule has 0 saturated carbocycles. The van der Waals surface area contributed by atoms with Crippen molar-refractivity contribution in [2.24, 2.45) is 0 Å². The molecule has 0 aliphatic heterocycles. The predicted molar refractivity (Wildman–Crippen MR) is 105 cm³/mol. The summed E-state index contributed by atoms with van der Waals surface area (Å²) in [6.45, 7) is 3.27. The van der Waals surface area contributed by atoms with E-state index in [-0.39, 0.29) is 28.4 Å². The van der Waals surface area contributed by atoms with Crippen molar-refractivity contribution < 1.29 is 22.4 Å². The highest BCUT2D eigenvalue weighted by molar-refractivity contribution is 9.10. The lowest BCUT2D eigenvalue weighted by molar-refractivity contribution is -0.116. The van der Waals surface area contributed by atoms with Gasteiger partial charge in [0.2, 0.25) is 11.8 Å². The Morgan fingerprint density at radius 2 is 1.89 bits per heavy atom. The Morgan fingerprint density at radius 1 is 1.15 bits per heavy atom. The largest absolute Gasteiger partial charge is 0.326 e. The Bertz CT molecular complexity index is 993. The molecule has 0 unspecified atom stereocenters. The van der Waals surface area contributed by atoms with Crippen LogP contribution in [0, 0.1) is 5.82 Å². The lowest BCUT2D eigenvalue weighted by Gasteiger charge is -2.09. The summed E-state index contributed by atoms with van der Waals surface area (Å²) in [5, 5.41) is 4.75. The average molecular weight is 455 g/mol. The van der Waals surface area contributed by atoms with Crippen LogP contribution >= 0.6 is 15.9 Å². The zero-order valence-electron chi connectivity index (χ0n) is 14.0. The van der Waals surface area contributed by atoms with Crippen LogP contribution in [0.5, 0.6) is 0 Å². The molecule has 0 radical (unpaired) electrons. The highest BCUT2D eigenvalue weighted by Gasteiger charge is 2.17. The maximum absolute atomic E-state index is 13.7. The van der Waals surface area contributed by atoms with Gasteiger partial charge in [0.25, 0.3) is 0 Å². The first-order chi connectivity index (χ1) is 12.7. The van der Waals surface area contributed by atoms with Crippen LogP contribution in [0.3, 0.4) is 0 Å². The molecule has 142 valence electrons. The molecule has 2 amide bonds. The van der Waals surface area contributed by atoms with Crippen LogP contribution in [0.25, 0.3) is 0 Å². The molecule has 0 bridgehead atoms. The Labute approximate surface area is 164 Å². The Balaban J connectivity index is 2.02. The number of hydrogen-bond donors (Lipinski definition) is 2. The molecular formula is C18H16BrFN2O4S. The summed E-state index contributed by atoms with van der Waals surface area (Å²) in [5.74, 6) is -2.21. The molecule has 0 fully saturated rings. The smallest absolute Gasteiger partial charge is 0.247 e. The third-order valence-electron chi connectivity index (χ3n) is 3.45. The second kappa shape index (κ2) is 8.92. The monoisotopic (exact) mass is 454 g/mol. The summed E-state index contributed by atoms with van der Waals surface area (Å²) < 4.78 is 38.9. The fraction of sp³-hybridized carbons (Fsp3) is 0.111. The van der Waals surface area contributed by atoms with Gasteiger partial charge in [-0.3, -0.25) is 9.59 Å². The number of anilines is 2. The van der Waals surface area contributed by atoms with Crippen LogP contribution < -0.4 is 10.6 Å². The molecule has 0 aliphatic rings. The van der Waals surface area contributed by atoms with E-state index < -0.39 is 27.5 Å². The lowest BCUT2D eigenvalue weighted by atomic mass is 10.2. The highest BCUT2D eigenvalue weighted by Crippen LogP contribution is 2.21. The third kappa shape index (κ3) is 6.00. The summed E-state index contributed by atoms with van der Waals surface area (Å²) in [5.41, 5.74) is 0.0973. The van der Waals surface area contributed by atoms with Crippen molar-refractivity contribution in [2.75, 3.05) is 16.4 Å². The van der Waals surface area contributed by atoms with E-state index in [1.54, 1.807) is 12.1 Å². The molecule has 0 heterocycles. The summed E-state index contributed by atoms with van der Waals surface area (Å²) in [6, 6.07) is 9.82. The number of halogens is 2. The van der Waals surface area contributed by atoms with E-state index >= 15 is 0 Å². The number of rotatable bonds is 7. The number of carbonyl (C=O) groups is 2. The van der Waals surface area contributed by atoms with Gasteiger partial charge in [0.1, 0.15) is 5.82 Å². The van der Waals surface area contributed by atoms with E-state index in [1.165, 1.54) is 24.3 Å². The third-order valence-corrected chi connectivity index (χ3v) is 5.65. The van der Waals surface area contributed by atoms with Gasteiger partial charge in [0.15, 0.2) is 9.84 Å². The van der Waals surface area contributed by atoms with Crippen LogP contribution in [0.4, 0.5) is 15.8 Å². The number of sulfone groups is 1. The maximum atomic E-state index is 13.7. The van der Waals surface area contributed by atoms with Crippen molar-refractivity contribution in [1.29, 1.82) is 0 Å². The molecule has 2 N–H and O–H groups in total. The van der Waals surface area contributed by atoms with Gasteiger partial charge in [-0.05, 0) is 42.5 Å². The highest BCUT2D eigenvalue weighted by atomic mass is 79.9. The number of amides is 2. The molecule has 0 aromatic heterocycles. The Morgan fingerprint density at radius 3 is 2.56 bits per heavy atom. The standard InChI is InChI=1S/C18H16BrFN2O4S/c1-2-17(23)22-16-11-13(6-7-15(16)20)21-18(24)8-9-27(25,26)14-5-3-4-12(19)10-14/h2-7,10-11H,1,8-9H2,(H,21,24)(H,22,23). The predicted octanol–water partition coefficient (Wildman–Crippen LogP) is 3.52. The first-order valence-electron chi connectivity index (χ1n) is 7.72. The summed E-state index contributed by atoms with van der Waals surface area (Å²) in [6.07, 6.45) is 0.706. The normalized spacial score (nSPS) is 10.9. The van der Waals surface area contributed by atoms with E-state index in [4.69, 9.17) is 0 Å². The minimum atomic E-state index is -3.62. The van der Waals surface area contributed by atoms with Crippen LogP contribution in [0.15, 0.2) is 64.5 Å². The lowest BCUT2D eigenvalue weighted by Crippen LogP contribution is -2.18. The fourth-order valence-electron chi connectivity index (χ4n) is 2.11. The van der Waals surface area contributed by atoms with Crippen molar-refractivity contribution in [2.45, 2.75) is 11.3 Å². The van der Waals surface area contributed by atoms with Gasteiger partial charge in [0.05, 0.1) is 16.3 Å². The molecule has 2 rings (SSSR count). The molecule has 0 saturated heterocycles. The topological polar surface area (TPSA) is 92.3 Å². The minimum Gasteiger partial charge on any atom is -0.326 e. The fourth-order valence-corrected chi connectivity index (χ4v) is 3.94. The van der Waals surface area contributed by atoms with Gasteiger partial charge < -0.3 is 10.6 Å². The maximum Gasteiger partial charge on any atom is 0.247 e. The van der Waals surface area contributed by atoms with E-state index in [1.807, 2.05) is 0 Å². The Hall–Kier alpha value is -2.52. The molecular weight excluding hydrogens is 439 g/mol. The summed E-state index contributed by atoms with van der Waals surface area (Å²) in [4.78, 5) is 23.4. The summed E-state index contributed by atoms with van der Waals surface area (Å²) >= 11 is 3.20. The number of hydrogen-bond acceptors (Lipinski definition) is 4. The average Bonchev–Trinajstić information content (AvgIpc) is 2.63. The van der Waals surface area contributed by atoms with Crippen molar-refractivity contribution in [1.82, 2.24) is 0 Å². The van der Waals surface area contributed by atoms with Crippen molar-refractivity contribution >= 4 is 49.0 Å². The number of nitrogens with one attached hydrogen (secondary N) is 2. The van der Waals surface area contributed by atoms with E-state index in [9.17, 15) is 22.4 Å². The zero-order valence-corrected chi connectivity index (χ0v) is 16.4. The van der Waals surface area contributed by atoms with Crippen LogP contribution in [-0.4, -0.2) is 26.0 Å². The van der Waals surface area contributed by atoms with Gasteiger partial charge in [0, 0.05) is 16.6 Å². The zero-order chi connectivity index (χ0) is 20.0. The quantitative estimate of drug-likeness (QED) is 0.625. The van der Waals surface area contributed by atoms with Gasteiger partial charge in [-0.1, -0.05) is 28.6 Å². The number of carbonyl (C=O) groups excluding carboxylic acids is 2. The van der Waals surface area contributed by atoms with Crippen molar-refractivity contribution in [3.63, 3.8) is 0 Å². The summed E-state index contributed by atoms with van der Waals surface area (Å²) in [7, 11) is -3.62. The second-order valence-electron chi connectivity index (χ2n) is 5.46. The van der Waals surface area contributed by atoms with E-state index in [0.29, 0.717) is 4.47 Å². The molecule has 2 aromatic carbocycles. The SMILES string of the molecule is C=CC(=O)Nc1cc(NC(=O)CCS(=O)(=O)c2cccc(Br)c2)ccc1F. The van der Waals surface area contributed by atoms with Crippen LogP contribution in [-0.2, 0) is 19.4 Å². The molecule has 0 aliphatic carbocycles. The molecule has 0 atom stereocenters. The van der Waals surface area contributed by atoms with Gasteiger partial charge in [-0.2, -0.15) is 0 Å². The van der Waals surface area contributed by atoms with E-state index in [2.05, 4.69) is 33.1 Å². The molecule has 0 spiro atoms. The van der Waals surface area contributed by atoms with Gasteiger partial charge in [-0.25, -0.2) is 12.8 Å². The molecule has 9 heteroatoms.